The van der Waals surface area contributed by atoms with Gasteiger partial charge in [0.1, 0.15) is 18.0 Å². The molecule has 0 atom stereocenters. The van der Waals surface area contributed by atoms with Gasteiger partial charge in [0.25, 0.3) is 0 Å². The molecule has 0 unspecified atom stereocenters. The van der Waals surface area contributed by atoms with Crippen molar-refractivity contribution in [2.75, 3.05) is 11.9 Å². The summed E-state index contributed by atoms with van der Waals surface area (Å²) >= 11 is 0. The summed E-state index contributed by atoms with van der Waals surface area (Å²) in [6.07, 6.45) is 1.59. The number of hydrogen-bond donors (Lipinski definition) is 1. The molecule has 0 saturated carbocycles. The fourth-order valence-electron chi connectivity index (χ4n) is 1.72. The highest BCUT2D eigenvalue weighted by Gasteiger charge is 2.22. The molecule has 0 aliphatic heterocycles. The first-order valence-electron chi connectivity index (χ1n) is 6.97. The molecule has 2 heterocycles. The molecule has 0 aromatic carbocycles. The molecule has 2 rings (SSSR count). The lowest BCUT2D eigenvalue weighted by atomic mass is 9.95. The van der Waals surface area contributed by atoms with Crippen LogP contribution in [0.25, 0.3) is 0 Å². The Morgan fingerprint density at radius 1 is 1.29 bits per heavy atom. The highest BCUT2D eigenvalue weighted by molar-refractivity contribution is 5.49. The van der Waals surface area contributed by atoms with Gasteiger partial charge in [0.2, 0.25) is 5.88 Å². The van der Waals surface area contributed by atoms with Crippen molar-refractivity contribution in [1.82, 2.24) is 24.7 Å². The Bertz CT molecular complexity index is 629. The van der Waals surface area contributed by atoms with Gasteiger partial charge in [-0.15, -0.1) is 5.10 Å². The Morgan fingerprint density at radius 2 is 2.00 bits per heavy atom. The van der Waals surface area contributed by atoms with Crippen LogP contribution in [0.2, 0.25) is 0 Å². The van der Waals surface area contributed by atoms with Crippen LogP contribution in [-0.4, -0.2) is 31.3 Å². The number of aryl methyl sites for hydroxylation is 1. The summed E-state index contributed by atoms with van der Waals surface area (Å²) in [5.41, 5.74) is 0.672. The van der Waals surface area contributed by atoms with Crippen LogP contribution in [0.4, 0.5) is 5.82 Å². The third-order valence-electron chi connectivity index (χ3n) is 2.88. The van der Waals surface area contributed by atoms with Gasteiger partial charge in [0.15, 0.2) is 0 Å². The smallest absolute Gasteiger partial charge is 0.342 e. The topological polar surface area (TPSA) is 77.8 Å². The highest BCUT2D eigenvalue weighted by Crippen LogP contribution is 2.29. The first-order chi connectivity index (χ1) is 9.81. The van der Waals surface area contributed by atoms with E-state index in [0.29, 0.717) is 5.88 Å². The molecule has 0 bridgehead atoms. The third-order valence-corrected chi connectivity index (χ3v) is 2.88. The fourth-order valence-corrected chi connectivity index (χ4v) is 1.72. The van der Waals surface area contributed by atoms with Gasteiger partial charge in [-0.3, -0.25) is 4.68 Å². The van der Waals surface area contributed by atoms with Gasteiger partial charge < -0.3 is 10.1 Å². The van der Waals surface area contributed by atoms with E-state index >= 15 is 0 Å². The molecule has 0 spiro atoms. The zero-order valence-corrected chi connectivity index (χ0v) is 13.4. The van der Waals surface area contributed by atoms with E-state index in [4.69, 9.17) is 4.74 Å². The van der Waals surface area contributed by atoms with E-state index in [1.807, 2.05) is 13.8 Å². The third kappa shape index (κ3) is 3.48. The maximum atomic E-state index is 5.72. The fraction of sp³-hybridized carbons (Fsp3) is 0.571. The minimum Gasteiger partial charge on any atom is -0.404 e. The molecular weight excluding hydrogens is 268 g/mol. The largest absolute Gasteiger partial charge is 0.404 e. The second-order valence-electron chi connectivity index (χ2n) is 5.91. The average molecular weight is 290 g/mol. The lowest BCUT2D eigenvalue weighted by molar-refractivity contribution is 0.409. The maximum absolute atomic E-state index is 5.72. The summed E-state index contributed by atoms with van der Waals surface area (Å²) in [6.45, 7) is 10.9. The van der Waals surface area contributed by atoms with E-state index in [-0.39, 0.29) is 11.4 Å². The molecule has 0 amide bonds. The van der Waals surface area contributed by atoms with Gasteiger partial charge in [-0.25, -0.2) is 4.98 Å². The van der Waals surface area contributed by atoms with Gasteiger partial charge >= 0.3 is 6.01 Å². The molecule has 21 heavy (non-hydrogen) atoms. The molecule has 0 saturated heterocycles. The van der Waals surface area contributed by atoms with Crippen molar-refractivity contribution in [3.8, 4) is 11.9 Å². The first kappa shape index (κ1) is 15.2. The summed E-state index contributed by atoms with van der Waals surface area (Å²) < 4.78 is 7.30. The molecule has 0 aliphatic rings. The second kappa shape index (κ2) is 5.67. The van der Waals surface area contributed by atoms with Crippen molar-refractivity contribution in [3.63, 3.8) is 0 Å². The minimum absolute atomic E-state index is 0.173. The van der Waals surface area contributed by atoms with Gasteiger partial charge in [0.05, 0.1) is 5.56 Å². The minimum atomic E-state index is -0.173. The molecule has 0 fully saturated rings. The standard InChI is InChI=1S/C14H22N6O/c1-7-15-10-9(2)11(18-12(17-10)14(3,4)5)21-13-16-8-20(6)19-13/h8H,7H2,1-6H3,(H,15,17,18). The van der Waals surface area contributed by atoms with Gasteiger partial charge in [-0.05, 0) is 13.8 Å². The van der Waals surface area contributed by atoms with Gasteiger partial charge in [0, 0.05) is 19.0 Å². The monoisotopic (exact) mass is 290 g/mol. The Hall–Kier alpha value is -2.18. The zero-order valence-electron chi connectivity index (χ0n) is 13.4. The second-order valence-corrected chi connectivity index (χ2v) is 5.91. The van der Waals surface area contributed by atoms with Crippen molar-refractivity contribution in [2.24, 2.45) is 7.05 Å². The molecule has 2 aromatic heterocycles. The van der Waals surface area contributed by atoms with Crippen molar-refractivity contribution in [1.29, 1.82) is 0 Å². The first-order valence-corrected chi connectivity index (χ1v) is 6.97. The predicted molar refractivity (Wildman–Crippen MR) is 80.7 cm³/mol. The number of anilines is 1. The molecule has 114 valence electrons. The Kier molecular flexibility index (Phi) is 4.11. The van der Waals surface area contributed by atoms with E-state index in [1.54, 1.807) is 18.1 Å². The Balaban J connectivity index is 2.45. The number of aromatic nitrogens is 5. The zero-order chi connectivity index (χ0) is 15.6. The summed E-state index contributed by atoms with van der Waals surface area (Å²) in [4.78, 5) is 13.2. The van der Waals surface area contributed by atoms with E-state index in [9.17, 15) is 0 Å². The van der Waals surface area contributed by atoms with Gasteiger partial charge in [-0.2, -0.15) is 9.97 Å². The predicted octanol–water partition coefficient (Wildman–Crippen LogP) is 2.44. The summed E-state index contributed by atoms with van der Waals surface area (Å²) in [7, 11) is 1.79. The number of rotatable bonds is 4. The molecule has 0 aliphatic carbocycles. The number of hydrogen-bond acceptors (Lipinski definition) is 6. The highest BCUT2D eigenvalue weighted by atomic mass is 16.5. The number of nitrogens with one attached hydrogen (secondary N) is 1. The van der Waals surface area contributed by atoms with E-state index < -0.39 is 0 Å². The molecule has 7 nitrogen and oxygen atoms in total. The Morgan fingerprint density at radius 3 is 2.52 bits per heavy atom. The van der Waals surface area contributed by atoms with Gasteiger partial charge in [-0.1, -0.05) is 20.8 Å². The van der Waals surface area contributed by atoms with Crippen LogP contribution in [0.1, 0.15) is 39.1 Å². The molecule has 7 heteroatoms. The van der Waals surface area contributed by atoms with Crippen molar-refractivity contribution in [2.45, 2.75) is 40.0 Å². The van der Waals surface area contributed by atoms with Crippen LogP contribution in [0.3, 0.4) is 0 Å². The Labute approximate surface area is 124 Å². The van der Waals surface area contributed by atoms with Crippen LogP contribution >= 0.6 is 0 Å². The lowest BCUT2D eigenvalue weighted by Crippen LogP contribution is -2.18. The lowest BCUT2D eigenvalue weighted by Gasteiger charge is -2.20. The van der Waals surface area contributed by atoms with Crippen molar-refractivity contribution < 1.29 is 4.74 Å². The quantitative estimate of drug-likeness (QED) is 0.931. The summed E-state index contributed by atoms with van der Waals surface area (Å²) in [5.74, 6) is 1.98. The molecule has 2 aromatic rings. The number of nitrogens with zero attached hydrogens (tertiary/aromatic N) is 5. The molecular formula is C14H22N6O. The molecule has 1 N–H and O–H groups in total. The number of ether oxygens (including phenoxy) is 1. The normalized spacial score (nSPS) is 11.5. The van der Waals surface area contributed by atoms with Crippen LogP contribution < -0.4 is 10.1 Å². The average Bonchev–Trinajstić information content (AvgIpc) is 2.78. The summed E-state index contributed by atoms with van der Waals surface area (Å²) in [5, 5.41) is 7.36. The van der Waals surface area contributed by atoms with E-state index in [0.717, 1.165) is 23.8 Å². The van der Waals surface area contributed by atoms with Crippen molar-refractivity contribution in [3.05, 3.63) is 17.7 Å². The van der Waals surface area contributed by atoms with E-state index in [2.05, 4.69) is 46.1 Å². The van der Waals surface area contributed by atoms with Crippen LogP contribution in [0, 0.1) is 6.92 Å². The van der Waals surface area contributed by atoms with Crippen LogP contribution in [0.5, 0.6) is 11.9 Å². The van der Waals surface area contributed by atoms with E-state index in [1.165, 1.54) is 0 Å². The molecule has 0 radical (unpaired) electrons. The van der Waals surface area contributed by atoms with Crippen molar-refractivity contribution >= 4 is 5.82 Å². The SMILES string of the molecule is CCNc1nc(C(C)(C)C)nc(Oc2ncn(C)n2)c1C. The van der Waals surface area contributed by atoms with Crippen LogP contribution in [0.15, 0.2) is 6.33 Å². The van der Waals surface area contributed by atoms with Crippen LogP contribution in [-0.2, 0) is 12.5 Å². The summed E-state index contributed by atoms with van der Waals surface area (Å²) in [6, 6.07) is 0.279. The maximum Gasteiger partial charge on any atom is 0.342 e.